The summed E-state index contributed by atoms with van der Waals surface area (Å²) in [6.45, 7) is 5.01. The maximum Gasteiger partial charge on any atom is 0.220 e. The highest BCUT2D eigenvalue weighted by atomic mass is 32.1. The van der Waals surface area contributed by atoms with Crippen LogP contribution in [0.25, 0.3) is 11.3 Å². The Morgan fingerprint density at radius 3 is 2.73 bits per heavy atom. The number of nitrogens with one attached hydrogen (secondary N) is 1. The van der Waals surface area contributed by atoms with Crippen molar-refractivity contribution < 1.29 is 9.18 Å². The minimum absolute atomic E-state index is 0.0687. The Hall–Kier alpha value is -1.75. The van der Waals surface area contributed by atoms with Crippen molar-refractivity contribution in [2.45, 2.75) is 33.1 Å². The van der Waals surface area contributed by atoms with Crippen LogP contribution in [-0.4, -0.2) is 17.4 Å². The summed E-state index contributed by atoms with van der Waals surface area (Å²) in [6, 6.07) is 6.28. The Kier molecular flexibility index (Phi) is 6.07. The molecule has 5 heteroatoms. The molecule has 0 bridgehead atoms. The van der Waals surface area contributed by atoms with Crippen LogP contribution in [0.2, 0.25) is 0 Å². The van der Waals surface area contributed by atoms with Gasteiger partial charge < -0.3 is 5.32 Å². The number of rotatable bonds is 7. The second-order valence-electron chi connectivity index (χ2n) is 5.67. The average Bonchev–Trinajstić information content (AvgIpc) is 2.94. The van der Waals surface area contributed by atoms with Crippen LogP contribution in [0.3, 0.4) is 0 Å². The van der Waals surface area contributed by atoms with Gasteiger partial charge >= 0.3 is 0 Å². The molecule has 1 aromatic carbocycles. The molecule has 22 heavy (non-hydrogen) atoms. The topological polar surface area (TPSA) is 42.0 Å². The van der Waals surface area contributed by atoms with Gasteiger partial charge in [0, 0.05) is 30.3 Å². The summed E-state index contributed by atoms with van der Waals surface area (Å²) in [5.74, 6) is 0.411. The summed E-state index contributed by atoms with van der Waals surface area (Å²) in [4.78, 5) is 16.2. The first kappa shape index (κ1) is 16.6. The highest BCUT2D eigenvalue weighted by Gasteiger charge is 2.07. The van der Waals surface area contributed by atoms with Crippen molar-refractivity contribution in [3.8, 4) is 11.3 Å². The van der Waals surface area contributed by atoms with E-state index in [0.29, 0.717) is 18.8 Å². The third-order valence-electron chi connectivity index (χ3n) is 3.30. The predicted molar refractivity (Wildman–Crippen MR) is 88.3 cm³/mol. The van der Waals surface area contributed by atoms with E-state index in [9.17, 15) is 9.18 Å². The first-order valence-electron chi connectivity index (χ1n) is 7.51. The maximum atomic E-state index is 12.9. The number of amides is 1. The zero-order chi connectivity index (χ0) is 15.9. The van der Waals surface area contributed by atoms with Gasteiger partial charge in [0.05, 0.1) is 10.7 Å². The van der Waals surface area contributed by atoms with Crippen molar-refractivity contribution in [1.29, 1.82) is 0 Å². The number of nitrogens with zero attached hydrogens (tertiary/aromatic N) is 1. The van der Waals surface area contributed by atoms with Crippen LogP contribution in [0.1, 0.15) is 31.7 Å². The van der Waals surface area contributed by atoms with E-state index >= 15 is 0 Å². The number of aryl methyl sites for hydroxylation is 1. The monoisotopic (exact) mass is 320 g/mol. The zero-order valence-corrected chi connectivity index (χ0v) is 13.8. The second-order valence-corrected chi connectivity index (χ2v) is 6.61. The van der Waals surface area contributed by atoms with Gasteiger partial charge in [-0.05, 0) is 36.6 Å². The number of carbonyl (C=O) groups is 1. The molecular weight excluding hydrogens is 299 g/mol. The summed E-state index contributed by atoms with van der Waals surface area (Å²) < 4.78 is 12.9. The Bertz CT molecular complexity index is 607. The van der Waals surface area contributed by atoms with Gasteiger partial charge in [-0.3, -0.25) is 4.79 Å². The Morgan fingerprint density at radius 1 is 1.32 bits per heavy atom. The third kappa shape index (κ3) is 5.22. The van der Waals surface area contributed by atoms with E-state index in [1.165, 1.54) is 23.5 Å². The molecule has 1 heterocycles. The van der Waals surface area contributed by atoms with Gasteiger partial charge in [-0.2, -0.15) is 0 Å². The van der Waals surface area contributed by atoms with Crippen LogP contribution < -0.4 is 5.32 Å². The number of aromatic nitrogens is 1. The van der Waals surface area contributed by atoms with Gasteiger partial charge in [0.1, 0.15) is 5.82 Å². The first-order valence-corrected chi connectivity index (χ1v) is 8.39. The number of benzene rings is 1. The number of hydrogen-bond donors (Lipinski definition) is 1. The van der Waals surface area contributed by atoms with Crippen molar-refractivity contribution >= 4 is 17.2 Å². The summed E-state index contributed by atoms with van der Waals surface area (Å²) in [5, 5.41) is 5.80. The molecule has 3 nitrogen and oxygen atoms in total. The van der Waals surface area contributed by atoms with E-state index in [4.69, 9.17) is 0 Å². The first-order chi connectivity index (χ1) is 10.5. The number of thiazole rings is 1. The summed E-state index contributed by atoms with van der Waals surface area (Å²) in [7, 11) is 0. The molecule has 0 fully saturated rings. The molecule has 2 aromatic rings. The smallest absolute Gasteiger partial charge is 0.220 e. The van der Waals surface area contributed by atoms with Gasteiger partial charge in [-0.25, -0.2) is 9.37 Å². The van der Waals surface area contributed by atoms with E-state index in [1.807, 2.05) is 5.38 Å². The largest absolute Gasteiger partial charge is 0.356 e. The molecule has 0 aliphatic heterocycles. The number of hydrogen-bond acceptors (Lipinski definition) is 3. The molecule has 118 valence electrons. The third-order valence-corrected chi connectivity index (χ3v) is 4.21. The summed E-state index contributed by atoms with van der Waals surface area (Å²) in [6.07, 6.45) is 2.09. The van der Waals surface area contributed by atoms with Gasteiger partial charge in [-0.15, -0.1) is 11.3 Å². The van der Waals surface area contributed by atoms with Crippen molar-refractivity contribution in [2.24, 2.45) is 5.92 Å². The Labute approximate surface area is 134 Å². The fourth-order valence-corrected chi connectivity index (χ4v) is 2.80. The summed E-state index contributed by atoms with van der Waals surface area (Å²) >= 11 is 1.53. The molecule has 1 N–H and O–H groups in total. The zero-order valence-electron chi connectivity index (χ0n) is 12.9. The lowest BCUT2D eigenvalue weighted by Crippen LogP contribution is -2.25. The lowest BCUT2D eigenvalue weighted by molar-refractivity contribution is -0.121. The van der Waals surface area contributed by atoms with Crippen LogP contribution in [0.4, 0.5) is 4.39 Å². The molecule has 0 radical (unpaired) electrons. The number of halogens is 1. The maximum absolute atomic E-state index is 12.9. The van der Waals surface area contributed by atoms with E-state index in [0.717, 1.165) is 29.2 Å². The van der Waals surface area contributed by atoms with Gasteiger partial charge in [-0.1, -0.05) is 13.8 Å². The Balaban J connectivity index is 1.82. The van der Waals surface area contributed by atoms with Crippen LogP contribution >= 0.6 is 11.3 Å². The SMILES string of the molecule is CC(C)CCNC(=O)CCc1nc(-c2ccc(F)cc2)cs1. The van der Waals surface area contributed by atoms with Crippen molar-refractivity contribution in [1.82, 2.24) is 10.3 Å². The van der Waals surface area contributed by atoms with Gasteiger partial charge in [0.2, 0.25) is 5.91 Å². The fourth-order valence-electron chi connectivity index (χ4n) is 1.99. The minimum Gasteiger partial charge on any atom is -0.356 e. The van der Waals surface area contributed by atoms with E-state index in [-0.39, 0.29) is 11.7 Å². The molecule has 0 aliphatic carbocycles. The van der Waals surface area contributed by atoms with Crippen molar-refractivity contribution in [3.05, 3.63) is 40.5 Å². The number of carbonyl (C=O) groups excluding carboxylic acids is 1. The van der Waals surface area contributed by atoms with Crippen LogP contribution in [0, 0.1) is 11.7 Å². The Morgan fingerprint density at radius 2 is 2.05 bits per heavy atom. The quantitative estimate of drug-likeness (QED) is 0.836. The molecule has 0 atom stereocenters. The molecule has 1 amide bonds. The standard InChI is InChI=1S/C17H21FN2OS/c1-12(2)9-10-19-16(21)7-8-17-20-15(11-22-17)13-3-5-14(18)6-4-13/h3-6,11-12H,7-10H2,1-2H3,(H,19,21). The minimum atomic E-state index is -0.253. The molecular formula is C17H21FN2OS. The van der Waals surface area contributed by atoms with Crippen LogP contribution in [-0.2, 0) is 11.2 Å². The lowest BCUT2D eigenvalue weighted by atomic mass is 10.1. The molecule has 0 saturated carbocycles. The fraction of sp³-hybridized carbons (Fsp3) is 0.412. The molecule has 0 aliphatic rings. The average molecular weight is 320 g/mol. The highest BCUT2D eigenvalue weighted by Crippen LogP contribution is 2.22. The summed E-state index contributed by atoms with van der Waals surface area (Å²) in [5.41, 5.74) is 1.73. The second kappa shape index (κ2) is 8.03. The van der Waals surface area contributed by atoms with E-state index in [2.05, 4.69) is 24.1 Å². The van der Waals surface area contributed by atoms with Crippen LogP contribution in [0.15, 0.2) is 29.6 Å². The lowest BCUT2D eigenvalue weighted by Gasteiger charge is -2.06. The van der Waals surface area contributed by atoms with Crippen molar-refractivity contribution in [3.63, 3.8) is 0 Å². The van der Waals surface area contributed by atoms with Gasteiger partial charge in [0.15, 0.2) is 0 Å². The highest BCUT2D eigenvalue weighted by molar-refractivity contribution is 7.09. The molecule has 0 unspecified atom stereocenters. The van der Waals surface area contributed by atoms with E-state index < -0.39 is 0 Å². The van der Waals surface area contributed by atoms with Crippen LogP contribution in [0.5, 0.6) is 0 Å². The van der Waals surface area contributed by atoms with Crippen molar-refractivity contribution in [2.75, 3.05) is 6.54 Å². The predicted octanol–water partition coefficient (Wildman–Crippen LogP) is 4.04. The molecule has 1 aromatic heterocycles. The molecule has 2 rings (SSSR count). The van der Waals surface area contributed by atoms with Gasteiger partial charge in [0.25, 0.3) is 0 Å². The molecule has 0 spiro atoms. The normalized spacial score (nSPS) is 10.9. The van der Waals surface area contributed by atoms with E-state index in [1.54, 1.807) is 12.1 Å². The molecule has 0 saturated heterocycles.